The number of hydrogen-bond acceptors (Lipinski definition) is 7. The zero-order chi connectivity index (χ0) is 16.0. The number of hydrogen-bond donors (Lipinski definition) is 0. The fourth-order valence-corrected chi connectivity index (χ4v) is 1.46. The molecule has 0 aliphatic carbocycles. The van der Waals surface area contributed by atoms with Gasteiger partial charge in [0.1, 0.15) is 12.1 Å². The Labute approximate surface area is 119 Å². The van der Waals surface area contributed by atoms with Crippen molar-refractivity contribution in [1.29, 1.82) is 0 Å². The van der Waals surface area contributed by atoms with Crippen LogP contribution in [-0.2, 0) is 28.6 Å². The second kappa shape index (κ2) is 7.44. The Morgan fingerprint density at radius 1 is 1.20 bits per heavy atom. The summed E-state index contributed by atoms with van der Waals surface area (Å²) in [5, 5.41) is 0. The smallest absolute Gasteiger partial charge is 0.410 e. The van der Waals surface area contributed by atoms with E-state index in [9.17, 15) is 18.0 Å². The SMILES string of the molecule is COC(=O)CN(CCOS(C)(=O)=O)C(=O)OC(C)(C)C. The van der Waals surface area contributed by atoms with Crippen LogP contribution in [0.2, 0.25) is 0 Å². The monoisotopic (exact) mass is 311 g/mol. The summed E-state index contributed by atoms with van der Waals surface area (Å²) >= 11 is 0. The van der Waals surface area contributed by atoms with E-state index in [1.807, 2.05) is 0 Å². The summed E-state index contributed by atoms with van der Waals surface area (Å²) in [6, 6.07) is 0. The summed E-state index contributed by atoms with van der Waals surface area (Å²) < 4.78 is 35.8. The molecule has 0 N–H and O–H groups in total. The van der Waals surface area contributed by atoms with Crippen molar-refractivity contribution in [1.82, 2.24) is 4.90 Å². The van der Waals surface area contributed by atoms with Gasteiger partial charge in [-0.3, -0.25) is 13.9 Å². The highest BCUT2D eigenvalue weighted by atomic mass is 32.2. The zero-order valence-corrected chi connectivity index (χ0v) is 13.2. The molecule has 0 heterocycles. The van der Waals surface area contributed by atoms with E-state index in [2.05, 4.69) is 8.92 Å². The summed E-state index contributed by atoms with van der Waals surface area (Å²) in [5.41, 5.74) is -0.733. The topological polar surface area (TPSA) is 99.2 Å². The maximum absolute atomic E-state index is 11.9. The molecular formula is C11H21NO7S. The molecular weight excluding hydrogens is 290 g/mol. The van der Waals surface area contributed by atoms with Crippen LogP contribution in [0.25, 0.3) is 0 Å². The van der Waals surface area contributed by atoms with Gasteiger partial charge in [0, 0.05) is 6.54 Å². The summed E-state index contributed by atoms with van der Waals surface area (Å²) in [5.74, 6) is -0.643. The van der Waals surface area contributed by atoms with E-state index in [-0.39, 0.29) is 19.7 Å². The first kappa shape index (κ1) is 18.7. The van der Waals surface area contributed by atoms with Crippen LogP contribution < -0.4 is 0 Å². The Hall–Kier alpha value is -1.35. The molecule has 118 valence electrons. The average molecular weight is 311 g/mol. The molecule has 0 fully saturated rings. The normalized spacial score (nSPS) is 11.8. The fraction of sp³-hybridized carbons (Fsp3) is 0.818. The molecule has 0 rings (SSSR count). The zero-order valence-electron chi connectivity index (χ0n) is 12.3. The predicted molar refractivity (Wildman–Crippen MR) is 70.6 cm³/mol. The van der Waals surface area contributed by atoms with Crippen molar-refractivity contribution in [3.63, 3.8) is 0 Å². The van der Waals surface area contributed by atoms with Crippen LogP contribution in [0, 0.1) is 0 Å². The standard InChI is InChI=1S/C11H21NO7S/c1-11(2,3)19-10(14)12(8-9(13)17-4)6-7-18-20(5,15)16/h6-8H2,1-5H3. The Kier molecular flexibility index (Phi) is 6.94. The van der Waals surface area contributed by atoms with E-state index in [1.54, 1.807) is 20.8 Å². The highest BCUT2D eigenvalue weighted by Gasteiger charge is 2.24. The summed E-state index contributed by atoms with van der Waals surface area (Å²) in [6.45, 7) is 4.29. The van der Waals surface area contributed by atoms with E-state index >= 15 is 0 Å². The molecule has 1 amide bonds. The van der Waals surface area contributed by atoms with Gasteiger partial charge in [0.05, 0.1) is 20.0 Å². The number of ether oxygens (including phenoxy) is 2. The summed E-state index contributed by atoms with van der Waals surface area (Å²) in [6.07, 6.45) is 0.144. The number of amides is 1. The average Bonchev–Trinajstić information content (AvgIpc) is 2.23. The third-order valence-electron chi connectivity index (χ3n) is 1.86. The quantitative estimate of drug-likeness (QED) is 0.516. The maximum atomic E-state index is 11.9. The van der Waals surface area contributed by atoms with Gasteiger partial charge in [-0.25, -0.2) is 4.79 Å². The molecule has 0 saturated carbocycles. The number of methoxy groups -OCH3 is 1. The first-order valence-electron chi connectivity index (χ1n) is 5.84. The van der Waals surface area contributed by atoms with Crippen LogP contribution in [0.4, 0.5) is 4.79 Å². The Morgan fingerprint density at radius 2 is 1.75 bits per heavy atom. The van der Waals surface area contributed by atoms with Gasteiger partial charge >= 0.3 is 12.1 Å². The van der Waals surface area contributed by atoms with Gasteiger partial charge in [-0.05, 0) is 20.8 Å². The van der Waals surface area contributed by atoms with Gasteiger partial charge in [-0.15, -0.1) is 0 Å². The van der Waals surface area contributed by atoms with E-state index in [1.165, 1.54) is 7.11 Å². The lowest BCUT2D eigenvalue weighted by molar-refractivity contribution is -0.141. The second-order valence-corrected chi connectivity index (χ2v) is 6.65. The molecule has 0 bridgehead atoms. The van der Waals surface area contributed by atoms with E-state index in [0.717, 1.165) is 11.2 Å². The summed E-state index contributed by atoms with van der Waals surface area (Å²) in [7, 11) is -2.43. The lowest BCUT2D eigenvalue weighted by atomic mass is 10.2. The first-order chi connectivity index (χ1) is 8.94. The van der Waals surface area contributed by atoms with Crippen LogP contribution >= 0.6 is 0 Å². The molecule has 8 nitrogen and oxygen atoms in total. The van der Waals surface area contributed by atoms with Gasteiger partial charge in [0.15, 0.2) is 0 Å². The first-order valence-corrected chi connectivity index (χ1v) is 7.65. The lowest BCUT2D eigenvalue weighted by Crippen LogP contribution is -2.42. The molecule has 0 aliphatic heterocycles. The highest BCUT2D eigenvalue weighted by molar-refractivity contribution is 7.85. The fourth-order valence-electron chi connectivity index (χ4n) is 1.08. The van der Waals surface area contributed by atoms with Crippen molar-refractivity contribution < 1.29 is 31.7 Å². The molecule has 0 saturated heterocycles. The van der Waals surface area contributed by atoms with Gasteiger partial charge < -0.3 is 9.47 Å². The van der Waals surface area contributed by atoms with Gasteiger partial charge in [-0.1, -0.05) is 0 Å². The number of carbonyl (C=O) groups is 2. The van der Waals surface area contributed by atoms with Crippen LogP contribution in [0.1, 0.15) is 20.8 Å². The van der Waals surface area contributed by atoms with Crippen LogP contribution in [0.5, 0.6) is 0 Å². The molecule has 0 aliphatic rings. The molecule has 0 aromatic heterocycles. The minimum Gasteiger partial charge on any atom is -0.468 e. The number of rotatable bonds is 6. The van der Waals surface area contributed by atoms with E-state index in [0.29, 0.717) is 0 Å². The molecule has 0 atom stereocenters. The highest BCUT2D eigenvalue weighted by Crippen LogP contribution is 2.10. The van der Waals surface area contributed by atoms with E-state index < -0.39 is 27.8 Å². The Balaban J connectivity index is 4.64. The molecule has 20 heavy (non-hydrogen) atoms. The molecule has 0 aromatic rings. The van der Waals surface area contributed by atoms with Crippen molar-refractivity contribution in [2.75, 3.05) is 33.1 Å². The van der Waals surface area contributed by atoms with Crippen LogP contribution in [0.3, 0.4) is 0 Å². The third-order valence-corrected chi connectivity index (χ3v) is 2.45. The van der Waals surface area contributed by atoms with Crippen LogP contribution in [-0.4, -0.2) is 64.0 Å². The predicted octanol–water partition coefficient (Wildman–Crippen LogP) is 0.373. The molecule has 0 spiro atoms. The van der Waals surface area contributed by atoms with Gasteiger partial charge in [0.2, 0.25) is 0 Å². The number of esters is 1. The van der Waals surface area contributed by atoms with Crippen molar-refractivity contribution in [2.24, 2.45) is 0 Å². The van der Waals surface area contributed by atoms with Gasteiger partial charge in [-0.2, -0.15) is 8.42 Å². The molecule has 0 radical (unpaired) electrons. The Bertz CT molecular complexity index is 438. The lowest BCUT2D eigenvalue weighted by Gasteiger charge is -2.26. The second-order valence-electron chi connectivity index (χ2n) is 5.00. The van der Waals surface area contributed by atoms with Gasteiger partial charge in [0.25, 0.3) is 10.1 Å². The van der Waals surface area contributed by atoms with Crippen LogP contribution in [0.15, 0.2) is 0 Å². The minimum absolute atomic E-state index is 0.114. The molecule has 0 unspecified atom stereocenters. The summed E-state index contributed by atoms with van der Waals surface area (Å²) in [4.78, 5) is 24.1. The Morgan fingerprint density at radius 3 is 2.15 bits per heavy atom. The maximum Gasteiger partial charge on any atom is 0.410 e. The minimum atomic E-state index is -3.61. The van der Waals surface area contributed by atoms with Crippen molar-refractivity contribution >= 4 is 22.2 Å². The molecule has 9 heteroatoms. The number of carbonyl (C=O) groups excluding carboxylic acids is 2. The number of nitrogens with zero attached hydrogens (tertiary/aromatic N) is 1. The van der Waals surface area contributed by atoms with Crippen molar-refractivity contribution in [2.45, 2.75) is 26.4 Å². The van der Waals surface area contributed by atoms with Crippen molar-refractivity contribution in [3.8, 4) is 0 Å². The molecule has 0 aromatic carbocycles. The van der Waals surface area contributed by atoms with Crippen molar-refractivity contribution in [3.05, 3.63) is 0 Å². The largest absolute Gasteiger partial charge is 0.468 e. The van der Waals surface area contributed by atoms with E-state index in [4.69, 9.17) is 4.74 Å². The third kappa shape index (κ3) is 9.56.